The van der Waals surface area contributed by atoms with Gasteiger partial charge in [0.15, 0.2) is 0 Å². The first kappa shape index (κ1) is 15.6. The van der Waals surface area contributed by atoms with Gasteiger partial charge in [0.2, 0.25) is 0 Å². The first-order valence-corrected chi connectivity index (χ1v) is 6.88. The minimum Gasteiger partial charge on any atom is -0.466 e. The number of aromatic nitrogens is 1. The molecular weight excluding hydrogens is 240 g/mol. The van der Waals surface area contributed by atoms with Crippen LogP contribution in [0.15, 0.2) is 18.2 Å². The lowest BCUT2D eigenvalue weighted by Gasteiger charge is -2.23. The highest BCUT2D eigenvalue weighted by Crippen LogP contribution is 2.08. The summed E-state index contributed by atoms with van der Waals surface area (Å²) in [6, 6.07) is 6.02. The summed E-state index contributed by atoms with van der Waals surface area (Å²) in [5.74, 6) is -0.233. The van der Waals surface area contributed by atoms with Crippen LogP contribution < -0.4 is 0 Å². The SMILES string of the molecule is CCOC(=O)C(C)CN(CC)Cc1cccc(C)n1. The second-order valence-electron chi connectivity index (χ2n) is 4.75. The van der Waals surface area contributed by atoms with Crippen molar-refractivity contribution in [2.75, 3.05) is 19.7 Å². The Labute approximate surface area is 115 Å². The molecule has 0 fully saturated rings. The number of esters is 1. The van der Waals surface area contributed by atoms with E-state index in [1.54, 1.807) is 0 Å². The molecule has 0 amide bonds. The van der Waals surface area contributed by atoms with Gasteiger partial charge in [-0.25, -0.2) is 0 Å². The molecule has 0 radical (unpaired) electrons. The van der Waals surface area contributed by atoms with Crippen LogP contribution in [-0.4, -0.2) is 35.5 Å². The van der Waals surface area contributed by atoms with Gasteiger partial charge in [-0.2, -0.15) is 0 Å². The van der Waals surface area contributed by atoms with E-state index in [9.17, 15) is 4.79 Å². The average molecular weight is 264 g/mol. The molecule has 0 aromatic carbocycles. The van der Waals surface area contributed by atoms with Gasteiger partial charge < -0.3 is 4.74 Å². The predicted octanol–water partition coefficient (Wildman–Crippen LogP) is 2.41. The number of carbonyl (C=O) groups excluding carboxylic acids is 1. The summed E-state index contributed by atoms with van der Waals surface area (Å²) in [5, 5.41) is 0. The number of pyridine rings is 1. The van der Waals surface area contributed by atoms with Crippen LogP contribution in [0.1, 0.15) is 32.2 Å². The van der Waals surface area contributed by atoms with E-state index in [1.165, 1.54) is 0 Å². The van der Waals surface area contributed by atoms with Gasteiger partial charge in [-0.05, 0) is 32.5 Å². The summed E-state index contributed by atoms with van der Waals surface area (Å²) in [5.41, 5.74) is 2.06. The molecule has 0 saturated heterocycles. The number of aryl methyl sites for hydroxylation is 1. The molecule has 19 heavy (non-hydrogen) atoms. The van der Waals surface area contributed by atoms with Crippen molar-refractivity contribution in [3.63, 3.8) is 0 Å². The van der Waals surface area contributed by atoms with E-state index in [2.05, 4.69) is 16.8 Å². The molecule has 0 aliphatic rings. The fourth-order valence-corrected chi connectivity index (χ4v) is 1.97. The van der Waals surface area contributed by atoms with Crippen LogP contribution in [-0.2, 0) is 16.1 Å². The lowest BCUT2D eigenvalue weighted by atomic mass is 10.1. The maximum atomic E-state index is 11.6. The molecule has 1 heterocycles. The standard InChI is InChI=1S/C15H24N2O2/c1-5-17(10-12(3)15(18)19-6-2)11-14-9-7-8-13(4)16-14/h7-9,12H,5-6,10-11H2,1-4H3. The van der Waals surface area contributed by atoms with E-state index in [1.807, 2.05) is 39.0 Å². The van der Waals surface area contributed by atoms with Crippen molar-refractivity contribution in [1.82, 2.24) is 9.88 Å². The second kappa shape index (κ2) is 7.89. The molecule has 4 nitrogen and oxygen atoms in total. The number of hydrogen-bond donors (Lipinski definition) is 0. The van der Waals surface area contributed by atoms with E-state index >= 15 is 0 Å². The van der Waals surface area contributed by atoms with Crippen LogP contribution in [0, 0.1) is 12.8 Å². The van der Waals surface area contributed by atoms with Crippen LogP contribution in [0.4, 0.5) is 0 Å². The van der Waals surface area contributed by atoms with Gasteiger partial charge in [0.25, 0.3) is 0 Å². The topological polar surface area (TPSA) is 42.4 Å². The number of ether oxygens (including phenoxy) is 1. The van der Waals surface area contributed by atoms with Crippen molar-refractivity contribution < 1.29 is 9.53 Å². The highest BCUT2D eigenvalue weighted by molar-refractivity contribution is 5.72. The largest absolute Gasteiger partial charge is 0.466 e. The Bertz CT molecular complexity index is 407. The minimum absolute atomic E-state index is 0.107. The third-order valence-corrected chi connectivity index (χ3v) is 3.00. The van der Waals surface area contributed by atoms with E-state index in [4.69, 9.17) is 4.74 Å². The van der Waals surface area contributed by atoms with Gasteiger partial charge in [-0.15, -0.1) is 0 Å². The van der Waals surface area contributed by atoms with Gasteiger partial charge in [0.05, 0.1) is 18.2 Å². The fourth-order valence-electron chi connectivity index (χ4n) is 1.97. The highest BCUT2D eigenvalue weighted by Gasteiger charge is 2.17. The van der Waals surface area contributed by atoms with Crippen LogP contribution in [0.5, 0.6) is 0 Å². The van der Waals surface area contributed by atoms with E-state index in [0.29, 0.717) is 13.2 Å². The summed E-state index contributed by atoms with van der Waals surface area (Å²) in [6.45, 7) is 10.6. The Hall–Kier alpha value is -1.42. The van der Waals surface area contributed by atoms with Crippen molar-refractivity contribution >= 4 is 5.97 Å². The molecule has 1 aromatic rings. The van der Waals surface area contributed by atoms with E-state index in [0.717, 1.165) is 24.5 Å². The molecule has 1 aromatic heterocycles. The van der Waals surface area contributed by atoms with Crippen LogP contribution >= 0.6 is 0 Å². The summed E-state index contributed by atoms with van der Waals surface area (Å²) in [6.07, 6.45) is 0. The smallest absolute Gasteiger partial charge is 0.309 e. The zero-order valence-electron chi connectivity index (χ0n) is 12.3. The van der Waals surface area contributed by atoms with Gasteiger partial charge in [0, 0.05) is 18.8 Å². The normalized spacial score (nSPS) is 12.5. The Morgan fingerprint density at radius 2 is 2.16 bits per heavy atom. The van der Waals surface area contributed by atoms with Crippen LogP contribution in [0.2, 0.25) is 0 Å². The fraction of sp³-hybridized carbons (Fsp3) is 0.600. The molecule has 0 bridgehead atoms. The molecule has 1 unspecified atom stereocenters. The Morgan fingerprint density at radius 1 is 1.42 bits per heavy atom. The number of hydrogen-bond acceptors (Lipinski definition) is 4. The lowest BCUT2D eigenvalue weighted by molar-refractivity contribution is -0.148. The zero-order chi connectivity index (χ0) is 14.3. The first-order chi connectivity index (χ1) is 9.06. The Balaban J connectivity index is 2.56. The van der Waals surface area contributed by atoms with Crippen molar-refractivity contribution in [2.24, 2.45) is 5.92 Å². The van der Waals surface area contributed by atoms with E-state index < -0.39 is 0 Å². The Kier molecular flexibility index (Phi) is 6.50. The summed E-state index contributed by atoms with van der Waals surface area (Å²) in [4.78, 5) is 18.3. The lowest BCUT2D eigenvalue weighted by Crippen LogP contribution is -2.32. The quantitative estimate of drug-likeness (QED) is 0.709. The predicted molar refractivity (Wildman–Crippen MR) is 75.7 cm³/mol. The minimum atomic E-state index is -0.127. The first-order valence-electron chi connectivity index (χ1n) is 6.88. The molecule has 0 aliphatic heterocycles. The van der Waals surface area contributed by atoms with Crippen molar-refractivity contribution in [1.29, 1.82) is 0 Å². The molecule has 1 atom stereocenters. The molecule has 106 valence electrons. The molecule has 4 heteroatoms. The monoisotopic (exact) mass is 264 g/mol. The zero-order valence-corrected chi connectivity index (χ0v) is 12.3. The Morgan fingerprint density at radius 3 is 2.74 bits per heavy atom. The van der Waals surface area contributed by atoms with Crippen molar-refractivity contribution in [3.05, 3.63) is 29.6 Å². The maximum absolute atomic E-state index is 11.6. The summed E-state index contributed by atoms with van der Waals surface area (Å²) in [7, 11) is 0. The van der Waals surface area contributed by atoms with Gasteiger partial charge in [-0.3, -0.25) is 14.7 Å². The summed E-state index contributed by atoms with van der Waals surface area (Å²) < 4.78 is 5.04. The molecular formula is C15H24N2O2. The number of nitrogens with zero attached hydrogens (tertiary/aromatic N) is 2. The van der Waals surface area contributed by atoms with Crippen molar-refractivity contribution in [2.45, 2.75) is 34.2 Å². The highest BCUT2D eigenvalue weighted by atomic mass is 16.5. The maximum Gasteiger partial charge on any atom is 0.309 e. The third-order valence-electron chi connectivity index (χ3n) is 3.00. The number of rotatable bonds is 7. The molecule has 0 N–H and O–H groups in total. The summed E-state index contributed by atoms with van der Waals surface area (Å²) >= 11 is 0. The molecule has 0 spiro atoms. The van der Waals surface area contributed by atoms with Gasteiger partial charge in [-0.1, -0.05) is 19.9 Å². The average Bonchev–Trinajstić information content (AvgIpc) is 2.38. The molecule has 1 rings (SSSR count). The van der Waals surface area contributed by atoms with Gasteiger partial charge >= 0.3 is 5.97 Å². The molecule has 0 saturated carbocycles. The number of carbonyl (C=O) groups is 1. The third kappa shape index (κ3) is 5.39. The van der Waals surface area contributed by atoms with Crippen molar-refractivity contribution in [3.8, 4) is 0 Å². The second-order valence-corrected chi connectivity index (χ2v) is 4.75. The molecule has 0 aliphatic carbocycles. The van der Waals surface area contributed by atoms with E-state index in [-0.39, 0.29) is 11.9 Å². The van der Waals surface area contributed by atoms with Crippen LogP contribution in [0.3, 0.4) is 0 Å². The van der Waals surface area contributed by atoms with Gasteiger partial charge in [0.1, 0.15) is 0 Å². The van der Waals surface area contributed by atoms with Crippen LogP contribution in [0.25, 0.3) is 0 Å².